The zero-order valence-electron chi connectivity index (χ0n) is 16.2. The lowest BCUT2D eigenvalue weighted by molar-refractivity contribution is -0.144. The second-order valence-electron chi connectivity index (χ2n) is 6.91. The van der Waals surface area contributed by atoms with Crippen molar-refractivity contribution in [2.24, 2.45) is 0 Å². The Labute approximate surface area is 159 Å². The third-order valence-electron chi connectivity index (χ3n) is 3.36. The highest BCUT2D eigenvalue weighted by molar-refractivity contribution is 5.86. The number of rotatable bonds is 8. The molecule has 0 aliphatic rings. The maximum Gasteiger partial charge on any atom is 0.407 e. The molecule has 27 heavy (non-hydrogen) atoms. The first-order valence-corrected chi connectivity index (χ1v) is 8.77. The van der Waals surface area contributed by atoms with Crippen molar-refractivity contribution in [3.05, 3.63) is 35.9 Å². The number of aliphatic hydroxyl groups excluding tert-OH is 1. The van der Waals surface area contributed by atoms with Crippen LogP contribution in [-0.4, -0.2) is 54.0 Å². The molecule has 0 bridgehead atoms. The second-order valence-corrected chi connectivity index (χ2v) is 6.91. The van der Waals surface area contributed by atoms with Crippen LogP contribution in [0.1, 0.15) is 33.3 Å². The van der Waals surface area contributed by atoms with Crippen molar-refractivity contribution in [2.75, 3.05) is 13.2 Å². The molecule has 8 heteroatoms. The molecule has 0 radical (unpaired) electrons. The van der Waals surface area contributed by atoms with Gasteiger partial charge in [0.15, 0.2) is 6.10 Å². The number of ether oxygens (including phenoxy) is 2. The van der Waals surface area contributed by atoms with E-state index in [1.165, 1.54) is 0 Å². The number of carbonyl (C=O) groups excluding carboxylic acids is 3. The first kappa shape index (κ1) is 22.4. The summed E-state index contributed by atoms with van der Waals surface area (Å²) >= 11 is 0. The van der Waals surface area contributed by atoms with Crippen LogP contribution < -0.4 is 10.6 Å². The lowest BCUT2D eigenvalue weighted by Crippen LogP contribution is -2.53. The van der Waals surface area contributed by atoms with Gasteiger partial charge in [0, 0.05) is 0 Å². The highest BCUT2D eigenvalue weighted by atomic mass is 16.6. The van der Waals surface area contributed by atoms with Crippen molar-refractivity contribution < 1.29 is 29.0 Å². The molecule has 2 atom stereocenters. The van der Waals surface area contributed by atoms with E-state index in [1.807, 2.05) is 30.3 Å². The number of hydrogen-bond acceptors (Lipinski definition) is 6. The number of nitrogens with one attached hydrogen (secondary N) is 2. The van der Waals surface area contributed by atoms with Gasteiger partial charge < -0.3 is 25.2 Å². The van der Waals surface area contributed by atoms with Crippen molar-refractivity contribution in [1.29, 1.82) is 0 Å². The van der Waals surface area contributed by atoms with Crippen LogP contribution in [0.25, 0.3) is 0 Å². The van der Waals surface area contributed by atoms with Crippen molar-refractivity contribution >= 4 is 18.0 Å². The zero-order chi connectivity index (χ0) is 20.4. The Kier molecular flexibility index (Phi) is 8.74. The second kappa shape index (κ2) is 10.5. The average molecular weight is 380 g/mol. The third-order valence-corrected chi connectivity index (χ3v) is 3.36. The minimum Gasteiger partial charge on any atom is -0.465 e. The van der Waals surface area contributed by atoms with Gasteiger partial charge in [-0.25, -0.2) is 4.79 Å². The molecule has 0 saturated heterocycles. The van der Waals surface area contributed by atoms with Crippen LogP contribution in [0.4, 0.5) is 4.79 Å². The number of carbonyl (C=O) groups is 3. The highest BCUT2D eigenvalue weighted by Crippen LogP contribution is 2.10. The van der Waals surface area contributed by atoms with Gasteiger partial charge in [0.2, 0.25) is 0 Å². The van der Waals surface area contributed by atoms with Crippen LogP contribution in [0.5, 0.6) is 0 Å². The number of alkyl carbamates (subject to hydrolysis) is 1. The number of amides is 2. The van der Waals surface area contributed by atoms with Crippen molar-refractivity contribution in [3.8, 4) is 0 Å². The highest BCUT2D eigenvalue weighted by Gasteiger charge is 2.30. The molecule has 1 rings (SSSR count). The molecule has 1 aromatic carbocycles. The van der Waals surface area contributed by atoms with Crippen LogP contribution in [0.3, 0.4) is 0 Å². The van der Waals surface area contributed by atoms with Crippen LogP contribution in [-0.2, 0) is 25.5 Å². The van der Waals surface area contributed by atoms with Gasteiger partial charge in [0.1, 0.15) is 12.1 Å². The van der Waals surface area contributed by atoms with Gasteiger partial charge in [-0.15, -0.1) is 0 Å². The predicted molar refractivity (Wildman–Crippen MR) is 99.0 cm³/mol. The summed E-state index contributed by atoms with van der Waals surface area (Å²) in [7, 11) is 0. The van der Waals surface area contributed by atoms with E-state index in [1.54, 1.807) is 27.7 Å². The summed E-state index contributed by atoms with van der Waals surface area (Å²) in [6.07, 6.45) is -2.12. The molecule has 0 aliphatic heterocycles. The summed E-state index contributed by atoms with van der Waals surface area (Å²) in [6, 6.07) is 8.15. The lowest BCUT2D eigenvalue weighted by Gasteiger charge is -2.26. The fourth-order valence-electron chi connectivity index (χ4n) is 2.23. The van der Waals surface area contributed by atoms with E-state index in [4.69, 9.17) is 9.47 Å². The van der Waals surface area contributed by atoms with Gasteiger partial charge in [-0.05, 0) is 39.7 Å². The molecule has 0 aliphatic carbocycles. The van der Waals surface area contributed by atoms with Crippen molar-refractivity contribution in [3.63, 3.8) is 0 Å². The fourth-order valence-corrected chi connectivity index (χ4v) is 2.23. The Bertz CT molecular complexity index is 627. The fraction of sp³-hybridized carbons (Fsp3) is 0.526. The van der Waals surface area contributed by atoms with E-state index in [2.05, 4.69) is 10.6 Å². The zero-order valence-corrected chi connectivity index (χ0v) is 16.2. The van der Waals surface area contributed by atoms with Crippen molar-refractivity contribution in [2.45, 2.75) is 51.9 Å². The number of esters is 1. The van der Waals surface area contributed by atoms with Gasteiger partial charge in [-0.2, -0.15) is 0 Å². The van der Waals surface area contributed by atoms with E-state index < -0.39 is 35.7 Å². The summed E-state index contributed by atoms with van der Waals surface area (Å²) in [5.41, 5.74) is 0.0918. The minimum absolute atomic E-state index is 0.189. The molecular formula is C19H28N2O6. The summed E-state index contributed by atoms with van der Waals surface area (Å²) < 4.78 is 9.92. The Balaban J connectivity index is 2.80. The quantitative estimate of drug-likeness (QED) is 0.583. The maximum atomic E-state index is 12.2. The maximum absolute atomic E-state index is 12.2. The molecule has 0 aromatic heterocycles. The summed E-state index contributed by atoms with van der Waals surface area (Å²) in [5, 5.41) is 15.2. The van der Waals surface area contributed by atoms with E-state index >= 15 is 0 Å². The standard InChI is InChI=1S/C19H28N2O6/c1-5-26-15(22)12-20-17(24)16(23)14(11-13-9-7-6-8-10-13)21-18(25)27-19(2,3)4/h6-10,14,16,23H,5,11-12H2,1-4H3,(H,20,24)(H,21,25). The van der Waals surface area contributed by atoms with Crippen molar-refractivity contribution in [1.82, 2.24) is 10.6 Å². The van der Waals surface area contributed by atoms with E-state index in [0.717, 1.165) is 5.56 Å². The third kappa shape index (κ3) is 9.05. The molecule has 8 nitrogen and oxygen atoms in total. The minimum atomic E-state index is -1.58. The molecule has 3 N–H and O–H groups in total. The molecule has 0 saturated carbocycles. The predicted octanol–water partition coefficient (Wildman–Crippen LogP) is 1.16. The Morgan fingerprint density at radius 1 is 1.15 bits per heavy atom. The summed E-state index contributed by atoms with van der Waals surface area (Å²) in [4.78, 5) is 35.6. The van der Waals surface area contributed by atoms with Gasteiger partial charge in [-0.3, -0.25) is 9.59 Å². The number of hydrogen-bond donors (Lipinski definition) is 3. The molecule has 150 valence electrons. The van der Waals surface area contributed by atoms with Gasteiger partial charge >= 0.3 is 12.1 Å². The van der Waals surface area contributed by atoms with Gasteiger partial charge in [0.05, 0.1) is 12.6 Å². The molecule has 2 amide bonds. The SMILES string of the molecule is CCOC(=O)CNC(=O)C(O)C(Cc1ccccc1)NC(=O)OC(C)(C)C. The van der Waals surface area contributed by atoms with Gasteiger partial charge in [-0.1, -0.05) is 30.3 Å². The number of aliphatic hydroxyl groups is 1. The first-order valence-electron chi connectivity index (χ1n) is 8.77. The normalized spacial score (nSPS) is 13.2. The molecule has 0 fully saturated rings. The van der Waals surface area contributed by atoms with Gasteiger partial charge in [0.25, 0.3) is 5.91 Å². The molecule has 0 heterocycles. The molecular weight excluding hydrogens is 352 g/mol. The van der Waals surface area contributed by atoms with E-state index in [-0.39, 0.29) is 19.6 Å². The summed E-state index contributed by atoms with van der Waals surface area (Å²) in [5.74, 6) is -1.40. The summed E-state index contributed by atoms with van der Waals surface area (Å²) in [6.45, 7) is 6.60. The lowest BCUT2D eigenvalue weighted by atomic mass is 10.0. The number of benzene rings is 1. The van der Waals surface area contributed by atoms with E-state index in [0.29, 0.717) is 0 Å². The van der Waals surface area contributed by atoms with Crippen LogP contribution >= 0.6 is 0 Å². The average Bonchev–Trinajstić information content (AvgIpc) is 2.58. The molecule has 2 unspecified atom stereocenters. The Morgan fingerprint density at radius 3 is 2.33 bits per heavy atom. The Morgan fingerprint density at radius 2 is 1.78 bits per heavy atom. The molecule has 0 spiro atoms. The van der Waals surface area contributed by atoms with E-state index in [9.17, 15) is 19.5 Å². The molecule has 1 aromatic rings. The van der Waals surface area contributed by atoms with Crippen LogP contribution in [0.15, 0.2) is 30.3 Å². The first-order chi connectivity index (χ1) is 12.6. The van der Waals surface area contributed by atoms with Crippen LogP contribution in [0.2, 0.25) is 0 Å². The Hall–Kier alpha value is -2.61. The smallest absolute Gasteiger partial charge is 0.407 e. The largest absolute Gasteiger partial charge is 0.465 e. The van der Waals surface area contributed by atoms with Crippen LogP contribution in [0, 0.1) is 0 Å². The monoisotopic (exact) mass is 380 g/mol. The topological polar surface area (TPSA) is 114 Å².